The third-order valence-electron chi connectivity index (χ3n) is 4.84. The SMILES string of the molecule is CN(C)S(=O)(=O)N1C[C@H]2CC[C@@H](C1)N(C(=O)c1ccc(O)cc1)C2. The second-order valence-electron chi connectivity index (χ2n) is 6.71. The Hall–Kier alpha value is -1.64. The fourth-order valence-electron chi connectivity index (χ4n) is 3.48. The van der Waals surface area contributed by atoms with Crippen molar-refractivity contribution in [1.29, 1.82) is 0 Å². The second-order valence-corrected chi connectivity index (χ2v) is 8.85. The maximum Gasteiger partial charge on any atom is 0.281 e. The van der Waals surface area contributed by atoms with Crippen molar-refractivity contribution in [2.24, 2.45) is 5.92 Å². The quantitative estimate of drug-likeness (QED) is 0.869. The molecule has 4 rings (SSSR count). The van der Waals surface area contributed by atoms with Crippen molar-refractivity contribution < 1.29 is 18.3 Å². The zero-order valence-electron chi connectivity index (χ0n) is 13.9. The highest BCUT2D eigenvalue weighted by atomic mass is 32.2. The topological polar surface area (TPSA) is 81.2 Å². The number of hydrogen-bond donors (Lipinski definition) is 1. The van der Waals surface area contributed by atoms with Crippen molar-refractivity contribution in [3.63, 3.8) is 0 Å². The van der Waals surface area contributed by atoms with Crippen LogP contribution in [-0.4, -0.2) is 72.7 Å². The summed E-state index contributed by atoms with van der Waals surface area (Å²) in [5.41, 5.74) is 0.516. The highest BCUT2D eigenvalue weighted by molar-refractivity contribution is 7.86. The van der Waals surface area contributed by atoms with Crippen molar-refractivity contribution in [2.45, 2.75) is 18.9 Å². The van der Waals surface area contributed by atoms with Gasteiger partial charge >= 0.3 is 0 Å². The van der Waals surface area contributed by atoms with Crippen LogP contribution >= 0.6 is 0 Å². The van der Waals surface area contributed by atoms with E-state index in [0.29, 0.717) is 25.2 Å². The van der Waals surface area contributed by atoms with Gasteiger partial charge in [0.1, 0.15) is 5.75 Å². The third-order valence-corrected chi connectivity index (χ3v) is 6.72. The van der Waals surface area contributed by atoms with Gasteiger partial charge in [0.05, 0.1) is 0 Å². The maximum absolute atomic E-state index is 12.8. The number of rotatable bonds is 3. The smallest absolute Gasteiger partial charge is 0.281 e. The highest BCUT2D eigenvalue weighted by Crippen LogP contribution is 2.31. The summed E-state index contributed by atoms with van der Waals surface area (Å²) in [4.78, 5) is 14.6. The standard InChI is InChI=1S/C16H23N3O4S/c1-17(2)24(22,23)18-9-12-3-6-14(11-18)19(10-12)16(21)13-4-7-15(20)8-5-13/h4-5,7-8,12,14,20H,3,6,9-11H2,1-2H3/t12-,14+/m1/s1. The molecule has 2 bridgehead atoms. The Morgan fingerprint density at radius 2 is 1.79 bits per heavy atom. The minimum atomic E-state index is -3.47. The molecule has 0 aromatic heterocycles. The van der Waals surface area contributed by atoms with E-state index in [1.54, 1.807) is 17.0 Å². The molecule has 1 aromatic rings. The van der Waals surface area contributed by atoms with Crippen molar-refractivity contribution in [2.75, 3.05) is 33.7 Å². The molecule has 24 heavy (non-hydrogen) atoms. The van der Waals surface area contributed by atoms with E-state index in [-0.39, 0.29) is 23.6 Å². The molecule has 2 atom stereocenters. The number of aromatic hydroxyl groups is 1. The summed E-state index contributed by atoms with van der Waals surface area (Å²) in [5, 5.41) is 9.37. The predicted molar refractivity (Wildman–Crippen MR) is 89.8 cm³/mol. The van der Waals surface area contributed by atoms with Gasteiger partial charge in [-0.25, -0.2) is 0 Å². The Morgan fingerprint density at radius 3 is 2.42 bits per heavy atom. The number of nitrogens with zero attached hydrogens (tertiary/aromatic N) is 3. The molecule has 1 N–H and O–H groups in total. The molecule has 3 aliphatic rings. The fourth-order valence-corrected chi connectivity index (χ4v) is 4.70. The molecule has 8 heteroatoms. The molecule has 3 saturated heterocycles. The average molecular weight is 353 g/mol. The van der Waals surface area contributed by atoms with Crippen molar-refractivity contribution in [3.05, 3.63) is 29.8 Å². The van der Waals surface area contributed by atoms with E-state index in [1.807, 2.05) is 0 Å². The Labute approximate surface area is 142 Å². The third kappa shape index (κ3) is 3.13. The van der Waals surface area contributed by atoms with E-state index in [2.05, 4.69) is 0 Å². The van der Waals surface area contributed by atoms with E-state index in [4.69, 9.17) is 0 Å². The molecule has 132 valence electrons. The van der Waals surface area contributed by atoms with Crippen LogP contribution in [0.15, 0.2) is 24.3 Å². The van der Waals surface area contributed by atoms with Crippen LogP contribution in [0.5, 0.6) is 5.75 Å². The summed E-state index contributed by atoms with van der Waals surface area (Å²) in [6.07, 6.45) is 1.75. The number of carbonyl (C=O) groups excluding carboxylic acids is 1. The molecule has 3 heterocycles. The number of hydrogen-bond acceptors (Lipinski definition) is 4. The summed E-state index contributed by atoms with van der Waals surface area (Å²) in [6.45, 7) is 1.36. The average Bonchev–Trinajstić information content (AvgIpc) is 2.87. The number of amides is 1. The number of benzene rings is 1. The molecule has 0 radical (unpaired) electrons. The molecule has 0 aliphatic carbocycles. The number of piperidine rings is 1. The van der Waals surface area contributed by atoms with Gasteiger partial charge in [-0.2, -0.15) is 17.0 Å². The van der Waals surface area contributed by atoms with Gasteiger partial charge in [-0.1, -0.05) is 0 Å². The monoisotopic (exact) mass is 353 g/mol. The van der Waals surface area contributed by atoms with Crippen LogP contribution < -0.4 is 0 Å². The zero-order valence-corrected chi connectivity index (χ0v) is 14.7. The summed E-state index contributed by atoms with van der Waals surface area (Å²) in [7, 11) is -0.414. The van der Waals surface area contributed by atoms with Crippen LogP contribution in [-0.2, 0) is 10.2 Å². The molecule has 3 aliphatic heterocycles. The first kappa shape index (κ1) is 17.2. The van der Waals surface area contributed by atoms with Gasteiger partial charge in [-0.15, -0.1) is 0 Å². The van der Waals surface area contributed by atoms with Gasteiger partial charge in [0.25, 0.3) is 16.1 Å². The van der Waals surface area contributed by atoms with E-state index in [1.165, 1.54) is 34.8 Å². The van der Waals surface area contributed by atoms with Gasteiger partial charge in [-0.3, -0.25) is 4.79 Å². The van der Waals surface area contributed by atoms with Gasteiger partial charge in [0.15, 0.2) is 0 Å². The van der Waals surface area contributed by atoms with Gasteiger partial charge in [0, 0.05) is 45.3 Å². The first-order valence-corrected chi connectivity index (χ1v) is 9.46. The van der Waals surface area contributed by atoms with Crippen LogP contribution in [0.2, 0.25) is 0 Å². The Kier molecular flexibility index (Phi) is 4.54. The number of fused-ring (bicyclic) bond motifs is 4. The van der Waals surface area contributed by atoms with Crippen LogP contribution in [0.1, 0.15) is 23.2 Å². The number of carbonyl (C=O) groups is 1. The van der Waals surface area contributed by atoms with Gasteiger partial charge in [-0.05, 0) is 43.0 Å². The highest BCUT2D eigenvalue weighted by Gasteiger charge is 2.41. The lowest BCUT2D eigenvalue weighted by atomic mass is 9.94. The molecular weight excluding hydrogens is 330 g/mol. The molecule has 0 unspecified atom stereocenters. The molecule has 1 aromatic carbocycles. The van der Waals surface area contributed by atoms with Crippen LogP contribution in [0, 0.1) is 5.92 Å². The Bertz CT molecular complexity index is 717. The van der Waals surface area contributed by atoms with E-state index >= 15 is 0 Å². The molecule has 1 amide bonds. The van der Waals surface area contributed by atoms with Gasteiger partial charge in [0.2, 0.25) is 0 Å². The Balaban J connectivity index is 1.83. The lowest BCUT2D eigenvalue weighted by Gasteiger charge is -2.36. The number of phenols is 1. The summed E-state index contributed by atoms with van der Waals surface area (Å²) in [6, 6.07) is 6.08. The van der Waals surface area contributed by atoms with Crippen LogP contribution in [0.25, 0.3) is 0 Å². The largest absolute Gasteiger partial charge is 0.508 e. The van der Waals surface area contributed by atoms with Crippen molar-refractivity contribution in [3.8, 4) is 5.75 Å². The lowest BCUT2D eigenvalue weighted by molar-refractivity contribution is 0.0588. The summed E-state index contributed by atoms with van der Waals surface area (Å²) < 4.78 is 27.6. The van der Waals surface area contributed by atoms with Gasteiger partial charge < -0.3 is 10.0 Å². The second kappa shape index (κ2) is 6.34. The van der Waals surface area contributed by atoms with E-state index < -0.39 is 10.2 Å². The predicted octanol–water partition coefficient (Wildman–Crippen LogP) is 0.735. The fraction of sp³-hybridized carbons (Fsp3) is 0.562. The zero-order chi connectivity index (χ0) is 17.5. The molecule has 0 saturated carbocycles. The summed E-state index contributed by atoms with van der Waals surface area (Å²) >= 11 is 0. The van der Waals surface area contributed by atoms with Crippen molar-refractivity contribution >= 4 is 16.1 Å². The van der Waals surface area contributed by atoms with Crippen LogP contribution in [0.3, 0.4) is 0 Å². The maximum atomic E-state index is 12.8. The minimum Gasteiger partial charge on any atom is -0.508 e. The molecule has 3 fully saturated rings. The van der Waals surface area contributed by atoms with E-state index in [0.717, 1.165) is 12.8 Å². The molecule has 7 nitrogen and oxygen atoms in total. The lowest BCUT2D eigenvalue weighted by Crippen LogP contribution is -2.48. The summed E-state index contributed by atoms with van der Waals surface area (Å²) in [5.74, 6) is 0.167. The molecule has 0 spiro atoms. The molecular formula is C16H23N3O4S. The minimum absolute atomic E-state index is 0.103. The normalized spacial score (nSPS) is 25.0. The van der Waals surface area contributed by atoms with E-state index in [9.17, 15) is 18.3 Å². The van der Waals surface area contributed by atoms with Crippen molar-refractivity contribution in [1.82, 2.24) is 13.5 Å². The first-order valence-electron chi connectivity index (χ1n) is 8.06. The first-order chi connectivity index (χ1) is 11.3. The van der Waals surface area contributed by atoms with Crippen LogP contribution in [0.4, 0.5) is 0 Å². The number of phenolic OH excluding ortho intramolecular Hbond substituents is 1. The Morgan fingerprint density at radius 1 is 1.12 bits per heavy atom.